The molecule has 1 aliphatic rings. The molecule has 0 radical (unpaired) electrons. The van der Waals surface area contributed by atoms with E-state index in [2.05, 4.69) is 0 Å². The predicted molar refractivity (Wildman–Crippen MR) is 105 cm³/mol. The van der Waals surface area contributed by atoms with Gasteiger partial charge in [0.15, 0.2) is 0 Å². The number of hydrogen-bond donors (Lipinski definition) is 0. The fraction of sp³-hybridized carbons (Fsp3) is 0.286. The van der Waals surface area contributed by atoms with Crippen LogP contribution in [0.25, 0.3) is 6.08 Å². The first kappa shape index (κ1) is 19.4. The van der Waals surface area contributed by atoms with Crippen LogP contribution in [-0.2, 0) is 4.79 Å². The highest BCUT2D eigenvalue weighted by Crippen LogP contribution is 2.36. The number of ether oxygens (including phenoxy) is 1. The van der Waals surface area contributed by atoms with Gasteiger partial charge >= 0.3 is 0 Å². The lowest BCUT2D eigenvalue weighted by atomic mass is 10.1. The SMILES string of the molecule is COc1ccc(/C=C/C(=O)N2CCSC(c3cc(F)ccc3F)CC2)cc1. The molecular weight excluding hydrogens is 368 g/mol. The van der Waals surface area contributed by atoms with Gasteiger partial charge in [-0.15, -0.1) is 0 Å². The van der Waals surface area contributed by atoms with Crippen molar-refractivity contribution in [2.24, 2.45) is 0 Å². The van der Waals surface area contributed by atoms with Gasteiger partial charge in [-0.05, 0) is 48.4 Å². The molecule has 0 aromatic heterocycles. The van der Waals surface area contributed by atoms with E-state index < -0.39 is 11.6 Å². The average molecular weight is 389 g/mol. The number of halogens is 2. The van der Waals surface area contributed by atoms with Crippen molar-refractivity contribution in [3.05, 3.63) is 71.3 Å². The number of hydrogen-bond acceptors (Lipinski definition) is 3. The Kier molecular flexibility index (Phi) is 6.50. The molecule has 1 unspecified atom stereocenters. The molecule has 1 heterocycles. The van der Waals surface area contributed by atoms with E-state index in [0.29, 0.717) is 30.8 Å². The molecule has 1 aliphatic heterocycles. The zero-order valence-electron chi connectivity index (χ0n) is 15.0. The minimum atomic E-state index is -0.438. The van der Waals surface area contributed by atoms with Crippen LogP contribution in [0.2, 0.25) is 0 Å². The number of carbonyl (C=O) groups excluding carboxylic acids is 1. The molecule has 0 N–H and O–H groups in total. The average Bonchev–Trinajstić information content (AvgIpc) is 2.94. The number of thioether (sulfide) groups is 1. The minimum absolute atomic E-state index is 0.0771. The van der Waals surface area contributed by atoms with Crippen LogP contribution >= 0.6 is 11.8 Å². The van der Waals surface area contributed by atoms with Crippen LogP contribution in [0.3, 0.4) is 0 Å². The van der Waals surface area contributed by atoms with E-state index in [1.54, 1.807) is 35.9 Å². The smallest absolute Gasteiger partial charge is 0.246 e. The lowest BCUT2D eigenvalue weighted by Crippen LogP contribution is -2.31. The minimum Gasteiger partial charge on any atom is -0.497 e. The third kappa shape index (κ3) is 5.10. The molecule has 27 heavy (non-hydrogen) atoms. The molecule has 2 aromatic rings. The Morgan fingerprint density at radius 2 is 1.96 bits per heavy atom. The number of methoxy groups -OCH3 is 1. The molecule has 0 saturated carbocycles. The van der Waals surface area contributed by atoms with E-state index in [1.807, 2.05) is 24.3 Å². The van der Waals surface area contributed by atoms with Crippen molar-refractivity contribution in [1.82, 2.24) is 4.90 Å². The Hall–Kier alpha value is -2.34. The van der Waals surface area contributed by atoms with Gasteiger partial charge in [-0.25, -0.2) is 8.78 Å². The highest BCUT2D eigenvalue weighted by molar-refractivity contribution is 7.99. The first-order valence-corrected chi connectivity index (χ1v) is 9.79. The number of rotatable bonds is 4. The largest absolute Gasteiger partial charge is 0.497 e. The summed E-state index contributed by atoms with van der Waals surface area (Å²) in [6.45, 7) is 1.10. The maximum Gasteiger partial charge on any atom is 0.246 e. The zero-order chi connectivity index (χ0) is 19.2. The van der Waals surface area contributed by atoms with Crippen LogP contribution in [0.5, 0.6) is 5.75 Å². The van der Waals surface area contributed by atoms with Crippen molar-refractivity contribution in [2.75, 3.05) is 26.0 Å². The summed E-state index contributed by atoms with van der Waals surface area (Å²) in [5.41, 5.74) is 1.29. The Morgan fingerprint density at radius 1 is 1.19 bits per heavy atom. The van der Waals surface area contributed by atoms with Gasteiger partial charge in [-0.2, -0.15) is 11.8 Å². The normalized spacial score (nSPS) is 17.7. The van der Waals surface area contributed by atoms with E-state index >= 15 is 0 Å². The fourth-order valence-corrected chi connectivity index (χ4v) is 4.23. The van der Waals surface area contributed by atoms with Crippen LogP contribution in [-0.4, -0.2) is 36.8 Å². The summed E-state index contributed by atoms with van der Waals surface area (Å²) >= 11 is 1.56. The summed E-state index contributed by atoms with van der Waals surface area (Å²) in [7, 11) is 1.61. The van der Waals surface area contributed by atoms with Crippen molar-refractivity contribution in [3.63, 3.8) is 0 Å². The van der Waals surface area contributed by atoms with Gasteiger partial charge in [-0.1, -0.05) is 12.1 Å². The number of benzene rings is 2. The lowest BCUT2D eigenvalue weighted by Gasteiger charge is -2.18. The zero-order valence-corrected chi connectivity index (χ0v) is 15.8. The maximum absolute atomic E-state index is 14.0. The molecular formula is C21H21F2NO2S. The van der Waals surface area contributed by atoms with Crippen molar-refractivity contribution in [2.45, 2.75) is 11.7 Å². The molecule has 2 aromatic carbocycles. The third-order valence-electron chi connectivity index (χ3n) is 4.49. The van der Waals surface area contributed by atoms with Gasteiger partial charge in [0.05, 0.1) is 7.11 Å². The maximum atomic E-state index is 14.0. The van der Waals surface area contributed by atoms with Crippen molar-refractivity contribution < 1.29 is 18.3 Å². The summed E-state index contributed by atoms with van der Waals surface area (Å²) in [5, 5.41) is -0.149. The van der Waals surface area contributed by atoms with Gasteiger partial charge in [0.1, 0.15) is 17.4 Å². The third-order valence-corrected chi connectivity index (χ3v) is 5.80. The number of nitrogens with zero attached hydrogens (tertiary/aromatic N) is 1. The molecule has 1 amide bonds. The topological polar surface area (TPSA) is 29.5 Å². The van der Waals surface area contributed by atoms with E-state index in [4.69, 9.17) is 4.74 Å². The van der Waals surface area contributed by atoms with E-state index in [9.17, 15) is 13.6 Å². The van der Waals surface area contributed by atoms with Gasteiger partial charge in [-0.3, -0.25) is 4.79 Å². The second-order valence-electron chi connectivity index (χ2n) is 6.25. The van der Waals surface area contributed by atoms with Crippen LogP contribution in [0.4, 0.5) is 8.78 Å². The molecule has 0 aliphatic carbocycles. The van der Waals surface area contributed by atoms with Crippen molar-refractivity contribution in [3.8, 4) is 5.75 Å². The molecule has 1 atom stereocenters. The first-order chi connectivity index (χ1) is 13.1. The second kappa shape index (κ2) is 9.04. The van der Waals surface area contributed by atoms with E-state index in [-0.39, 0.29) is 11.2 Å². The molecule has 142 valence electrons. The number of carbonyl (C=O) groups is 1. The molecule has 6 heteroatoms. The van der Waals surface area contributed by atoms with Crippen LogP contribution in [0.1, 0.15) is 22.8 Å². The quantitative estimate of drug-likeness (QED) is 0.711. The van der Waals surface area contributed by atoms with Crippen LogP contribution < -0.4 is 4.74 Å². The monoisotopic (exact) mass is 389 g/mol. The lowest BCUT2D eigenvalue weighted by molar-refractivity contribution is -0.125. The van der Waals surface area contributed by atoms with Gasteiger partial charge < -0.3 is 9.64 Å². The Labute approximate surface area is 162 Å². The second-order valence-corrected chi connectivity index (χ2v) is 7.56. The first-order valence-electron chi connectivity index (χ1n) is 8.74. The van der Waals surface area contributed by atoms with Crippen LogP contribution in [0.15, 0.2) is 48.5 Å². The highest BCUT2D eigenvalue weighted by atomic mass is 32.2. The van der Waals surface area contributed by atoms with Crippen molar-refractivity contribution >= 4 is 23.7 Å². The summed E-state index contributed by atoms with van der Waals surface area (Å²) in [6, 6.07) is 11.0. The highest BCUT2D eigenvalue weighted by Gasteiger charge is 2.23. The van der Waals surface area contributed by atoms with Gasteiger partial charge in [0.25, 0.3) is 0 Å². The van der Waals surface area contributed by atoms with Crippen molar-refractivity contribution in [1.29, 1.82) is 0 Å². The van der Waals surface area contributed by atoms with Crippen LogP contribution in [0, 0.1) is 11.6 Å². The standard InChI is InChI=1S/C21H21F2NO2S/c1-26-17-6-2-15(3-7-17)4-9-21(25)24-11-10-20(27-13-12-24)18-14-16(22)5-8-19(18)23/h2-9,14,20H,10-13H2,1H3/b9-4+. The van der Waals surface area contributed by atoms with Gasteiger partial charge in [0, 0.05) is 35.7 Å². The Balaban J connectivity index is 1.62. The molecule has 0 bridgehead atoms. The number of amides is 1. The Morgan fingerprint density at radius 3 is 2.70 bits per heavy atom. The molecule has 1 saturated heterocycles. The summed E-state index contributed by atoms with van der Waals surface area (Å²) in [4.78, 5) is 14.2. The predicted octanol–water partition coefficient (Wildman–Crippen LogP) is 4.69. The van der Waals surface area contributed by atoms with Gasteiger partial charge in [0.2, 0.25) is 5.91 Å². The molecule has 1 fully saturated rings. The summed E-state index contributed by atoms with van der Waals surface area (Å²) in [6.07, 6.45) is 3.91. The van der Waals surface area contributed by atoms with E-state index in [1.165, 1.54) is 6.07 Å². The molecule has 3 nitrogen and oxygen atoms in total. The fourth-order valence-electron chi connectivity index (χ4n) is 2.99. The van der Waals surface area contributed by atoms with E-state index in [0.717, 1.165) is 23.4 Å². The summed E-state index contributed by atoms with van der Waals surface area (Å²) in [5.74, 6) is 0.535. The summed E-state index contributed by atoms with van der Waals surface area (Å²) < 4.78 is 32.6. The molecule has 0 spiro atoms. The Bertz CT molecular complexity index is 823. The molecule has 3 rings (SSSR count).